The van der Waals surface area contributed by atoms with Crippen molar-refractivity contribution in [2.24, 2.45) is 0 Å². The van der Waals surface area contributed by atoms with Crippen LogP contribution in [0.15, 0.2) is 48.7 Å². The fraction of sp³-hybridized carbons (Fsp3) is 0.474. The lowest BCUT2D eigenvalue weighted by atomic mass is 10.0. The van der Waals surface area contributed by atoms with E-state index in [-0.39, 0.29) is 6.04 Å². The Morgan fingerprint density at radius 1 is 1.23 bits per heavy atom. The predicted octanol–water partition coefficient (Wildman–Crippen LogP) is 3.65. The first-order chi connectivity index (χ1) is 12.4. The molecule has 146 valence electrons. The van der Waals surface area contributed by atoms with E-state index in [4.69, 9.17) is 11.6 Å². The van der Waals surface area contributed by atoms with E-state index in [2.05, 4.69) is 49.8 Å². The van der Waals surface area contributed by atoms with Gasteiger partial charge in [0.15, 0.2) is 0 Å². The van der Waals surface area contributed by atoms with Crippen molar-refractivity contribution in [2.75, 3.05) is 32.5 Å². The van der Waals surface area contributed by atoms with E-state index in [0.29, 0.717) is 0 Å². The van der Waals surface area contributed by atoms with Gasteiger partial charge in [0, 0.05) is 50.1 Å². The number of hydrogen-bond acceptors (Lipinski definition) is 6. The largest absolute Gasteiger partial charge is 0.379 e. The zero-order valence-corrected chi connectivity index (χ0v) is 17.3. The summed E-state index contributed by atoms with van der Waals surface area (Å²) in [5, 5.41) is 10.2. The standard InChI is InChI=1S/C19H33ClN6/c1-7-16(4)19(21-18-12-10-17(20)11-13-18)14-15-24(5)22-23-25(6)26(8-2)9-3/h7-8,10-13,19,21-23H,2,9,14-15H2,1,3-6H3/b16-7+. The van der Waals surface area contributed by atoms with Gasteiger partial charge in [-0.25, -0.2) is 5.01 Å². The van der Waals surface area contributed by atoms with E-state index in [0.717, 1.165) is 30.2 Å². The van der Waals surface area contributed by atoms with Crippen LogP contribution in [0.1, 0.15) is 27.2 Å². The second-order valence-corrected chi connectivity index (χ2v) is 6.57. The third kappa shape index (κ3) is 7.76. The first-order valence-corrected chi connectivity index (χ1v) is 9.29. The summed E-state index contributed by atoms with van der Waals surface area (Å²) in [6.07, 6.45) is 4.87. The first-order valence-electron chi connectivity index (χ1n) is 8.91. The van der Waals surface area contributed by atoms with Gasteiger partial charge >= 0.3 is 0 Å². The zero-order valence-electron chi connectivity index (χ0n) is 16.6. The van der Waals surface area contributed by atoms with Crippen LogP contribution in [-0.2, 0) is 0 Å². The van der Waals surface area contributed by atoms with Gasteiger partial charge in [-0.05, 0) is 51.5 Å². The number of hydrazine groups is 4. The van der Waals surface area contributed by atoms with Crippen molar-refractivity contribution in [1.29, 1.82) is 0 Å². The van der Waals surface area contributed by atoms with E-state index in [1.165, 1.54) is 5.57 Å². The molecule has 0 saturated heterocycles. The number of nitrogens with one attached hydrogen (secondary N) is 3. The number of hydrogen-bond donors (Lipinski definition) is 3. The van der Waals surface area contributed by atoms with Crippen LogP contribution in [0.25, 0.3) is 0 Å². The summed E-state index contributed by atoms with van der Waals surface area (Å²) in [6.45, 7) is 11.8. The average molecular weight is 381 g/mol. The van der Waals surface area contributed by atoms with Crippen LogP contribution in [0.3, 0.4) is 0 Å². The fourth-order valence-electron chi connectivity index (χ4n) is 2.43. The van der Waals surface area contributed by atoms with Crippen molar-refractivity contribution in [2.45, 2.75) is 33.2 Å². The number of benzene rings is 1. The Balaban J connectivity index is 2.52. The molecule has 0 aliphatic carbocycles. The number of halogens is 1. The Kier molecular flexibility index (Phi) is 10.3. The molecule has 1 rings (SSSR count). The summed E-state index contributed by atoms with van der Waals surface area (Å²) in [5.41, 5.74) is 8.67. The van der Waals surface area contributed by atoms with Crippen LogP contribution in [0, 0.1) is 0 Å². The Hall–Kier alpha value is -1.57. The maximum absolute atomic E-state index is 5.97. The molecule has 0 amide bonds. The maximum Gasteiger partial charge on any atom is 0.0483 e. The van der Waals surface area contributed by atoms with E-state index in [1.807, 2.05) is 53.5 Å². The van der Waals surface area contributed by atoms with Gasteiger partial charge in [-0.3, -0.25) is 5.01 Å². The molecule has 0 spiro atoms. The molecule has 1 aromatic rings. The summed E-state index contributed by atoms with van der Waals surface area (Å²) in [6, 6.07) is 8.07. The highest BCUT2D eigenvalue weighted by atomic mass is 35.5. The number of nitrogens with zero attached hydrogens (tertiary/aromatic N) is 3. The van der Waals surface area contributed by atoms with Crippen molar-refractivity contribution >= 4 is 17.3 Å². The highest BCUT2D eigenvalue weighted by Crippen LogP contribution is 2.18. The van der Waals surface area contributed by atoms with Crippen LogP contribution in [0.2, 0.25) is 5.02 Å². The molecule has 0 fully saturated rings. The Morgan fingerprint density at radius 2 is 1.88 bits per heavy atom. The quantitative estimate of drug-likeness (QED) is 0.380. The van der Waals surface area contributed by atoms with Gasteiger partial charge in [0.1, 0.15) is 0 Å². The molecule has 6 nitrogen and oxygen atoms in total. The SMILES string of the molecule is C=CN(CC)N(C)NNN(C)CCC(Nc1ccc(Cl)cc1)/C(C)=C/C. The van der Waals surface area contributed by atoms with E-state index in [9.17, 15) is 0 Å². The lowest BCUT2D eigenvalue weighted by molar-refractivity contribution is -0.0481. The predicted molar refractivity (Wildman–Crippen MR) is 112 cm³/mol. The van der Waals surface area contributed by atoms with Crippen LogP contribution < -0.4 is 16.4 Å². The molecule has 1 unspecified atom stereocenters. The van der Waals surface area contributed by atoms with Crippen molar-refractivity contribution in [3.05, 3.63) is 53.7 Å². The molecule has 0 bridgehead atoms. The van der Waals surface area contributed by atoms with Crippen molar-refractivity contribution in [1.82, 2.24) is 26.2 Å². The molecule has 0 aromatic heterocycles. The lowest BCUT2D eigenvalue weighted by Crippen LogP contribution is -2.56. The monoisotopic (exact) mass is 380 g/mol. The molecule has 3 N–H and O–H groups in total. The van der Waals surface area contributed by atoms with Crippen molar-refractivity contribution in [3.63, 3.8) is 0 Å². The van der Waals surface area contributed by atoms with Crippen LogP contribution in [-0.4, -0.2) is 48.4 Å². The minimum Gasteiger partial charge on any atom is -0.379 e. The van der Waals surface area contributed by atoms with Gasteiger partial charge < -0.3 is 5.32 Å². The summed E-state index contributed by atoms with van der Waals surface area (Å²) >= 11 is 5.97. The second-order valence-electron chi connectivity index (χ2n) is 6.13. The van der Waals surface area contributed by atoms with Gasteiger partial charge in [-0.15, -0.1) is 5.12 Å². The summed E-state index contributed by atoms with van der Waals surface area (Å²) in [5.74, 6) is 0. The number of rotatable bonds is 12. The summed E-state index contributed by atoms with van der Waals surface area (Å²) in [4.78, 5) is 0. The molecule has 0 heterocycles. The lowest BCUT2D eigenvalue weighted by Gasteiger charge is -2.32. The molecule has 0 saturated carbocycles. The van der Waals surface area contributed by atoms with E-state index >= 15 is 0 Å². The van der Waals surface area contributed by atoms with Crippen LogP contribution in [0.4, 0.5) is 5.69 Å². The third-order valence-electron chi connectivity index (χ3n) is 4.27. The molecular weight excluding hydrogens is 348 g/mol. The molecule has 0 aliphatic rings. The summed E-state index contributed by atoms with van der Waals surface area (Å²) < 4.78 is 0. The molecule has 0 radical (unpaired) electrons. The molecule has 26 heavy (non-hydrogen) atoms. The van der Waals surface area contributed by atoms with Crippen molar-refractivity contribution < 1.29 is 0 Å². The van der Waals surface area contributed by atoms with E-state index < -0.39 is 0 Å². The molecule has 0 aliphatic heterocycles. The van der Waals surface area contributed by atoms with Gasteiger partial charge in [-0.2, -0.15) is 11.1 Å². The Labute approximate surface area is 163 Å². The molecule has 7 heteroatoms. The third-order valence-corrected chi connectivity index (χ3v) is 4.52. The Bertz CT molecular complexity index is 560. The summed E-state index contributed by atoms with van der Waals surface area (Å²) in [7, 11) is 3.94. The fourth-order valence-corrected chi connectivity index (χ4v) is 2.55. The minimum absolute atomic E-state index is 0.253. The molecular formula is C19H33ClN6. The first kappa shape index (κ1) is 22.5. The van der Waals surface area contributed by atoms with Gasteiger partial charge in [0.05, 0.1) is 0 Å². The Morgan fingerprint density at radius 3 is 2.42 bits per heavy atom. The topological polar surface area (TPSA) is 45.8 Å². The minimum atomic E-state index is 0.253. The molecule has 1 atom stereocenters. The van der Waals surface area contributed by atoms with Gasteiger partial charge in [0.25, 0.3) is 0 Å². The normalized spacial score (nSPS) is 13.2. The van der Waals surface area contributed by atoms with Crippen molar-refractivity contribution in [3.8, 4) is 0 Å². The number of anilines is 1. The average Bonchev–Trinajstić information content (AvgIpc) is 2.65. The second kappa shape index (κ2) is 11.9. The van der Waals surface area contributed by atoms with Gasteiger partial charge in [-0.1, -0.05) is 29.8 Å². The van der Waals surface area contributed by atoms with Crippen LogP contribution >= 0.6 is 11.6 Å². The highest BCUT2D eigenvalue weighted by Gasteiger charge is 2.12. The smallest absolute Gasteiger partial charge is 0.0483 e. The van der Waals surface area contributed by atoms with Crippen LogP contribution in [0.5, 0.6) is 0 Å². The molecule has 1 aromatic carbocycles. The zero-order chi connectivity index (χ0) is 19.5. The van der Waals surface area contributed by atoms with Gasteiger partial charge in [0.2, 0.25) is 0 Å². The van der Waals surface area contributed by atoms with E-state index in [1.54, 1.807) is 6.20 Å². The highest BCUT2D eigenvalue weighted by molar-refractivity contribution is 6.30. The number of allylic oxidation sites excluding steroid dienone is 1. The maximum atomic E-state index is 5.97.